The lowest BCUT2D eigenvalue weighted by Gasteiger charge is -2.43. The Balaban J connectivity index is 1.59. The highest BCUT2D eigenvalue weighted by atomic mass is 19.1. The Hall–Kier alpha value is -3.32. The number of fused-ring (bicyclic) bond motifs is 1. The summed E-state index contributed by atoms with van der Waals surface area (Å²) in [6.45, 7) is 6.58. The summed E-state index contributed by atoms with van der Waals surface area (Å²) in [5.41, 5.74) is 1.76. The fourth-order valence-corrected chi connectivity index (χ4v) is 3.78. The van der Waals surface area contributed by atoms with Crippen LogP contribution in [0.3, 0.4) is 0 Å². The maximum atomic E-state index is 13.1. The highest BCUT2D eigenvalue weighted by Gasteiger charge is 2.47. The lowest BCUT2D eigenvalue weighted by molar-refractivity contribution is -0.138. The topological polar surface area (TPSA) is 69.9 Å². The molecule has 2 heterocycles. The number of anilines is 1. The Kier molecular flexibility index (Phi) is 6.19. The van der Waals surface area contributed by atoms with Gasteiger partial charge >= 0.3 is 5.97 Å². The molecule has 4 rings (SSSR count). The first-order valence-electron chi connectivity index (χ1n) is 10.5. The molecule has 2 unspecified atom stereocenters. The van der Waals surface area contributed by atoms with E-state index in [0.29, 0.717) is 18.9 Å². The van der Waals surface area contributed by atoms with Gasteiger partial charge in [-0.1, -0.05) is 12.1 Å². The van der Waals surface area contributed by atoms with Crippen molar-refractivity contribution in [1.82, 2.24) is 0 Å². The highest BCUT2D eigenvalue weighted by molar-refractivity contribution is 5.86. The van der Waals surface area contributed by atoms with E-state index in [1.54, 1.807) is 24.3 Å². The summed E-state index contributed by atoms with van der Waals surface area (Å²) in [5, 5.41) is 3.34. The van der Waals surface area contributed by atoms with Gasteiger partial charge < -0.3 is 23.9 Å². The fraction of sp³-hybridized carbons (Fsp3) is 0.320. The summed E-state index contributed by atoms with van der Waals surface area (Å²) in [7, 11) is 0. The summed E-state index contributed by atoms with van der Waals surface area (Å²) < 4.78 is 36.4. The van der Waals surface area contributed by atoms with Crippen LogP contribution in [0, 0.1) is 5.82 Å². The Bertz CT molecular complexity index is 1060. The fourth-order valence-electron chi connectivity index (χ4n) is 3.78. The molecule has 6 nitrogen and oxygen atoms in total. The van der Waals surface area contributed by atoms with E-state index in [-0.39, 0.29) is 11.6 Å². The number of nitrogens with one attached hydrogen (secondary N) is 1. The van der Waals surface area contributed by atoms with Crippen molar-refractivity contribution in [2.45, 2.75) is 45.1 Å². The molecule has 0 radical (unpaired) electrons. The number of rotatable bonds is 7. The molecule has 2 aromatic carbocycles. The molecule has 0 saturated carbocycles. The van der Waals surface area contributed by atoms with Gasteiger partial charge in [0.1, 0.15) is 23.3 Å². The monoisotopic (exact) mass is 439 g/mol. The zero-order chi connectivity index (χ0) is 22.7. The number of hydrogen-bond donors (Lipinski definition) is 1. The molecule has 32 heavy (non-hydrogen) atoms. The molecule has 1 aliphatic heterocycles. The largest absolute Gasteiger partial charge is 0.483 e. The molecule has 168 valence electrons. The van der Waals surface area contributed by atoms with Crippen LogP contribution >= 0.6 is 0 Å². The van der Waals surface area contributed by atoms with Crippen LogP contribution in [0.15, 0.2) is 65.3 Å². The second-order valence-electron chi connectivity index (χ2n) is 8.12. The summed E-state index contributed by atoms with van der Waals surface area (Å²) in [6, 6.07) is 15.2. The van der Waals surface area contributed by atoms with Gasteiger partial charge in [-0.3, -0.25) is 0 Å². The van der Waals surface area contributed by atoms with Gasteiger partial charge in [0, 0.05) is 24.4 Å². The van der Waals surface area contributed by atoms with Gasteiger partial charge in [-0.25, -0.2) is 9.18 Å². The molecule has 0 fully saturated rings. The maximum Gasteiger partial charge on any atom is 0.374 e. The van der Waals surface area contributed by atoms with E-state index in [2.05, 4.69) is 5.32 Å². The molecule has 3 aromatic rings. The Morgan fingerprint density at radius 3 is 2.62 bits per heavy atom. The molecular weight excluding hydrogens is 413 g/mol. The van der Waals surface area contributed by atoms with Gasteiger partial charge in [0.25, 0.3) is 0 Å². The molecule has 0 spiro atoms. The average Bonchev–Trinajstić information content (AvgIpc) is 3.31. The molecule has 1 aromatic heterocycles. The number of carbonyl (C=O) groups excluding carboxylic acids is 1. The van der Waals surface area contributed by atoms with Crippen molar-refractivity contribution in [3.63, 3.8) is 0 Å². The van der Waals surface area contributed by atoms with Crippen LogP contribution in [0.25, 0.3) is 0 Å². The molecule has 0 saturated heterocycles. The Labute approximate surface area is 186 Å². The van der Waals surface area contributed by atoms with Crippen molar-refractivity contribution in [2.75, 3.05) is 11.9 Å². The number of benzene rings is 2. The first kappa shape index (κ1) is 21.9. The predicted molar refractivity (Wildman–Crippen MR) is 117 cm³/mol. The van der Waals surface area contributed by atoms with Crippen LogP contribution in [0.2, 0.25) is 0 Å². The van der Waals surface area contributed by atoms with Gasteiger partial charge in [-0.2, -0.15) is 0 Å². The normalized spacial score (nSPS) is 19.0. The van der Waals surface area contributed by atoms with Gasteiger partial charge in [0.15, 0.2) is 6.10 Å². The SMILES string of the molecule is CCOC1c2cc(NCc3ccc(F)cc3)ccc2OC(C)(C)C1OC(=O)c1ccco1. The van der Waals surface area contributed by atoms with Crippen molar-refractivity contribution >= 4 is 11.7 Å². The Morgan fingerprint density at radius 1 is 1.16 bits per heavy atom. The Morgan fingerprint density at radius 2 is 1.94 bits per heavy atom. The summed E-state index contributed by atoms with van der Waals surface area (Å²) >= 11 is 0. The maximum absolute atomic E-state index is 13.1. The third-order valence-electron chi connectivity index (χ3n) is 5.36. The van der Waals surface area contributed by atoms with E-state index in [1.807, 2.05) is 39.0 Å². The zero-order valence-electron chi connectivity index (χ0n) is 18.3. The summed E-state index contributed by atoms with van der Waals surface area (Å²) in [4.78, 5) is 12.6. The molecular formula is C25H26FNO5. The number of halogens is 1. The van der Waals surface area contributed by atoms with Gasteiger partial charge in [-0.15, -0.1) is 0 Å². The molecule has 1 N–H and O–H groups in total. The van der Waals surface area contributed by atoms with Crippen LogP contribution in [-0.4, -0.2) is 24.3 Å². The lowest BCUT2D eigenvalue weighted by Crippen LogP contribution is -2.51. The second kappa shape index (κ2) is 9.04. The first-order valence-corrected chi connectivity index (χ1v) is 10.5. The zero-order valence-corrected chi connectivity index (χ0v) is 18.3. The first-order chi connectivity index (χ1) is 15.4. The highest BCUT2D eigenvalue weighted by Crippen LogP contribution is 2.44. The van der Waals surface area contributed by atoms with E-state index in [1.165, 1.54) is 18.4 Å². The number of hydrogen-bond acceptors (Lipinski definition) is 6. The van der Waals surface area contributed by atoms with Gasteiger partial charge in [0.2, 0.25) is 5.76 Å². The number of furan rings is 1. The van der Waals surface area contributed by atoms with Crippen LogP contribution in [0.1, 0.15) is 48.6 Å². The van der Waals surface area contributed by atoms with Crippen LogP contribution < -0.4 is 10.1 Å². The molecule has 0 amide bonds. The van der Waals surface area contributed by atoms with Crippen LogP contribution in [0.5, 0.6) is 5.75 Å². The lowest BCUT2D eigenvalue weighted by atomic mass is 9.87. The van der Waals surface area contributed by atoms with E-state index >= 15 is 0 Å². The van der Waals surface area contributed by atoms with Gasteiger partial charge in [-0.05, 0) is 68.8 Å². The standard InChI is InChI=1S/C25H26FNO5/c1-4-29-22-19-14-18(27-15-16-7-9-17(26)10-8-16)11-12-20(19)32-25(2,3)23(22)31-24(28)21-6-5-13-30-21/h5-14,22-23,27H,4,15H2,1-3H3. The van der Waals surface area contributed by atoms with Crippen molar-refractivity contribution in [2.24, 2.45) is 0 Å². The van der Waals surface area contributed by atoms with E-state index in [0.717, 1.165) is 16.8 Å². The smallest absolute Gasteiger partial charge is 0.374 e. The van der Waals surface area contributed by atoms with E-state index in [9.17, 15) is 9.18 Å². The minimum absolute atomic E-state index is 0.122. The third kappa shape index (κ3) is 4.62. The van der Waals surface area contributed by atoms with Gasteiger partial charge in [0.05, 0.1) is 6.26 Å². The van der Waals surface area contributed by atoms with Crippen LogP contribution in [0.4, 0.5) is 10.1 Å². The molecule has 0 bridgehead atoms. The molecule has 0 aliphatic carbocycles. The quantitative estimate of drug-likeness (QED) is 0.490. The van der Waals surface area contributed by atoms with E-state index < -0.39 is 23.8 Å². The van der Waals surface area contributed by atoms with Crippen molar-refractivity contribution in [3.05, 3.63) is 83.6 Å². The minimum Gasteiger partial charge on any atom is -0.483 e. The van der Waals surface area contributed by atoms with Crippen molar-refractivity contribution < 1.29 is 27.8 Å². The number of esters is 1. The summed E-state index contributed by atoms with van der Waals surface area (Å²) in [6.07, 6.45) is 0.207. The minimum atomic E-state index is -0.821. The molecule has 2 atom stereocenters. The van der Waals surface area contributed by atoms with Crippen molar-refractivity contribution in [3.8, 4) is 5.75 Å². The number of carbonyl (C=O) groups is 1. The van der Waals surface area contributed by atoms with E-state index in [4.69, 9.17) is 18.6 Å². The average molecular weight is 439 g/mol. The predicted octanol–water partition coefficient (Wildman–Crippen LogP) is 5.51. The molecule has 7 heteroatoms. The summed E-state index contributed by atoms with van der Waals surface area (Å²) in [5.74, 6) is -0.0463. The van der Waals surface area contributed by atoms with Crippen molar-refractivity contribution in [1.29, 1.82) is 0 Å². The third-order valence-corrected chi connectivity index (χ3v) is 5.36. The molecule has 1 aliphatic rings. The number of ether oxygens (including phenoxy) is 3. The van der Waals surface area contributed by atoms with Crippen LogP contribution in [-0.2, 0) is 16.0 Å². The second-order valence-corrected chi connectivity index (χ2v) is 8.12.